The minimum Gasteiger partial charge on any atom is -0.453 e. The number of piperazine rings is 1. The highest BCUT2D eigenvalue weighted by Crippen LogP contribution is 2.33. The minimum absolute atomic E-state index is 0.0821. The Morgan fingerprint density at radius 2 is 1.98 bits per heavy atom. The van der Waals surface area contributed by atoms with Gasteiger partial charge in [-0.3, -0.25) is 9.20 Å². The van der Waals surface area contributed by atoms with Crippen molar-refractivity contribution in [2.45, 2.75) is 12.8 Å². The molecule has 2 aliphatic rings. The number of benzene rings is 1. The van der Waals surface area contributed by atoms with Gasteiger partial charge in [-0.1, -0.05) is 5.16 Å². The molecular weight excluding hydrogens is 526 g/mol. The van der Waals surface area contributed by atoms with E-state index in [1.165, 1.54) is 25.1 Å². The summed E-state index contributed by atoms with van der Waals surface area (Å²) in [7, 11) is 1.28. The number of pyridine rings is 1. The third-order valence-corrected chi connectivity index (χ3v) is 7.25. The number of amides is 2. The van der Waals surface area contributed by atoms with Crippen LogP contribution in [0.2, 0.25) is 0 Å². The van der Waals surface area contributed by atoms with Crippen molar-refractivity contribution in [2.24, 2.45) is 0 Å². The van der Waals surface area contributed by atoms with Gasteiger partial charge in [0.2, 0.25) is 11.7 Å². The average Bonchev–Trinajstić information content (AvgIpc) is 3.60. The van der Waals surface area contributed by atoms with Gasteiger partial charge in [0.05, 0.1) is 36.2 Å². The number of hydrogen-bond donors (Lipinski definition) is 2. The third kappa shape index (κ3) is 4.49. The monoisotopic (exact) mass is 552 g/mol. The summed E-state index contributed by atoms with van der Waals surface area (Å²) in [6, 6.07) is 4.71. The zero-order valence-electron chi connectivity index (χ0n) is 21.8. The molecule has 0 saturated carbocycles. The molecule has 0 unspecified atom stereocenters. The first-order valence-corrected chi connectivity index (χ1v) is 12.7. The number of carbonyl (C=O) groups excluding carboxylic acids is 2. The highest BCUT2D eigenvalue weighted by Gasteiger charge is 2.36. The van der Waals surface area contributed by atoms with E-state index in [1.807, 2.05) is 12.3 Å². The van der Waals surface area contributed by atoms with Crippen LogP contribution in [0.25, 0.3) is 17.0 Å². The summed E-state index contributed by atoms with van der Waals surface area (Å²) in [5.41, 5.74) is 0.949. The Labute approximate surface area is 226 Å². The number of nitrogens with one attached hydrogen (secondary N) is 2. The second-order valence-corrected chi connectivity index (χ2v) is 9.70. The van der Waals surface area contributed by atoms with E-state index < -0.39 is 23.6 Å². The number of rotatable bonds is 5. The van der Waals surface area contributed by atoms with E-state index in [0.29, 0.717) is 18.7 Å². The molecule has 14 heteroatoms. The zero-order valence-corrected chi connectivity index (χ0v) is 21.8. The van der Waals surface area contributed by atoms with Crippen molar-refractivity contribution in [3.63, 3.8) is 0 Å². The number of halogens is 2. The minimum atomic E-state index is -0.903. The lowest BCUT2D eigenvalue weighted by Gasteiger charge is -2.35. The van der Waals surface area contributed by atoms with Crippen LogP contribution in [-0.4, -0.2) is 82.8 Å². The lowest BCUT2D eigenvalue weighted by atomic mass is 10.0. The Morgan fingerprint density at radius 1 is 1.20 bits per heavy atom. The van der Waals surface area contributed by atoms with Crippen LogP contribution >= 0.6 is 0 Å². The molecule has 0 spiro atoms. The molecule has 0 aliphatic carbocycles. The Balaban J connectivity index is 1.26. The van der Waals surface area contributed by atoms with Crippen molar-refractivity contribution in [2.75, 3.05) is 56.6 Å². The molecule has 2 N–H and O–H groups in total. The van der Waals surface area contributed by atoms with Gasteiger partial charge in [0.15, 0.2) is 5.82 Å². The van der Waals surface area contributed by atoms with Crippen molar-refractivity contribution in [1.82, 2.24) is 29.7 Å². The highest BCUT2D eigenvalue weighted by molar-refractivity contribution is 6.04. The maximum atomic E-state index is 15.7. The largest absolute Gasteiger partial charge is 0.453 e. The molecule has 2 saturated heterocycles. The molecule has 2 aliphatic heterocycles. The number of imidazole rings is 1. The summed E-state index contributed by atoms with van der Waals surface area (Å²) in [6.45, 7) is 5.31. The van der Waals surface area contributed by atoms with Crippen LogP contribution in [-0.2, 0) is 4.74 Å². The summed E-state index contributed by atoms with van der Waals surface area (Å²) in [5.74, 6) is -2.55. The molecule has 6 rings (SSSR count). The second-order valence-electron chi connectivity index (χ2n) is 9.70. The smallest absolute Gasteiger partial charge is 0.409 e. The highest BCUT2D eigenvalue weighted by atomic mass is 19.1. The van der Waals surface area contributed by atoms with Crippen LogP contribution in [0.4, 0.5) is 25.0 Å². The van der Waals surface area contributed by atoms with E-state index in [0.717, 1.165) is 37.9 Å². The van der Waals surface area contributed by atoms with Gasteiger partial charge in [0, 0.05) is 51.0 Å². The number of aromatic nitrogens is 4. The molecule has 2 amide bonds. The fourth-order valence-corrected chi connectivity index (χ4v) is 4.88. The third-order valence-electron chi connectivity index (χ3n) is 7.25. The fourth-order valence-electron chi connectivity index (χ4n) is 4.88. The van der Waals surface area contributed by atoms with Crippen molar-refractivity contribution in [3.05, 3.63) is 59.4 Å². The Kier molecular flexibility index (Phi) is 6.54. The molecule has 0 bridgehead atoms. The molecule has 2 fully saturated rings. The lowest BCUT2D eigenvalue weighted by Crippen LogP contribution is -2.48. The average molecular weight is 553 g/mol. The first-order valence-electron chi connectivity index (χ1n) is 12.7. The number of likely N-dealkylation sites (tertiary alicyclic amines) is 1. The molecule has 40 heavy (non-hydrogen) atoms. The predicted molar refractivity (Wildman–Crippen MR) is 139 cm³/mol. The Morgan fingerprint density at radius 3 is 2.73 bits per heavy atom. The van der Waals surface area contributed by atoms with Gasteiger partial charge in [-0.2, -0.15) is 4.98 Å². The van der Waals surface area contributed by atoms with E-state index in [-0.39, 0.29) is 40.1 Å². The molecule has 0 atom stereocenters. The molecule has 4 aromatic rings. The normalized spacial score (nSPS) is 15.8. The predicted octanol–water partition coefficient (Wildman–Crippen LogP) is 2.80. The number of ether oxygens (including phenoxy) is 1. The second kappa shape index (κ2) is 10.2. The lowest BCUT2D eigenvalue weighted by molar-refractivity contribution is 0.0804. The topological polar surface area (TPSA) is 130 Å². The maximum Gasteiger partial charge on any atom is 0.409 e. The molecule has 0 radical (unpaired) electrons. The van der Waals surface area contributed by atoms with E-state index in [2.05, 4.69) is 35.4 Å². The number of hydrogen-bond acceptors (Lipinski definition) is 9. The molecule has 3 aromatic heterocycles. The molecule has 12 nitrogen and oxygen atoms in total. The number of fused-ring (bicyclic) bond motifs is 1. The molecule has 208 valence electrons. The van der Waals surface area contributed by atoms with Crippen LogP contribution in [0.3, 0.4) is 0 Å². The van der Waals surface area contributed by atoms with Crippen molar-refractivity contribution < 1.29 is 27.6 Å². The van der Waals surface area contributed by atoms with E-state index in [9.17, 15) is 14.0 Å². The van der Waals surface area contributed by atoms with Crippen molar-refractivity contribution in [1.29, 1.82) is 0 Å². The van der Waals surface area contributed by atoms with Crippen LogP contribution in [0.1, 0.15) is 27.9 Å². The van der Waals surface area contributed by atoms with Crippen LogP contribution in [0.5, 0.6) is 0 Å². The summed E-state index contributed by atoms with van der Waals surface area (Å²) in [6.07, 6.45) is 2.72. The van der Waals surface area contributed by atoms with Gasteiger partial charge in [0.1, 0.15) is 17.2 Å². The van der Waals surface area contributed by atoms with Crippen molar-refractivity contribution >= 4 is 29.0 Å². The van der Waals surface area contributed by atoms with Gasteiger partial charge in [-0.05, 0) is 25.1 Å². The Bertz CT molecular complexity index is 1610. The van der Waals surface area contributed by atoms with Gasteiger partial charge >= 0.3 is 6.09 Å². The maximum absolute atomic E-state index is 15.7. The number of methoxy groups -OCH3 is 1. The first-order chi connectivity index (χ1) is 19.3. The van der Waals surface area contributed by atoms with Crippen molar-refractivity contribution in [3.8, 4) is 11.4 Å². The fraction of sp³-hybridized carbons (Fsp3) is 0.346. The molecule has 1 aromatic carbocycles. The summed E-state index contributed by atoms with van der Waals surface area (Å²) < 4.78 is 42.2. The van der Waals surface area contributed by atoms with Crippen LogP contribution < -0.4 is 15.5 Å². The summed E-state index contributed by atoms with van der Waals surface area (Å²) in [5, 5.41) is 9.63. The number of carbonyl (C=O) groups is 2. The quantitative estimate of drug-likeness (QED) is 0.384. The molecule has 5 heterocycles. The van der Waals surface area contributed by atoms with E-state index in [4.69, 9.17) is 4.52 Å². The number of anilines is 2. The summed E-state index contributed by atoms with van der Waals surface area (Å²) in [4.78, 5) is 37.0. The zero-order chi connectivity index (χ0) is 28.0. The van der Waals surface area contributed by atoms with Crippen LogP contribution in [0, 0.1) is 18.6 Å². The van der Waals surface area contributed by atoms with Gasteiger partial charge < -0.3 is 29.7 Å². The van der Waals surface area contributed by atoms with Gasteiger partial charge in [-0.25, -0.2) is 18.6 Å². The Hall–Kier alpha value is -4.59. The first kappa shape index (κ1) is 25.7. The van der Waals surface area contributed by atoms with E-state index >= 15 is 4.39 Å². The van der Waals surface area contributed by atoms with Gasteiger partial charge in [-0.15, -0.1) is 0 Å². The van der Waals surface area contributed by atoms with Crippen LogP contribution in [0.15, 0.2) is 35.1 Å². The summed E-state index contributed by atoms with van der Waals surface area (Å²) >= 11 is 0. The van der Waals surface area contributed by atoms with Gasteiger partial charge in [0.25, 0.3) is 5.91 Å². The van der Waals surface area contributed by atoms with E-state index in [1.54, 1.807) is 10.5 Å². The standard InChI is InChI=1S/C26H26F2N8O4/c1-14-18(27)9-17(23-32-25(40-33-23)15-11-35(12-15)26(38)39-2)21(28)22(14)31-24(37)19-10-30-20-4-3-16(13-36(19)20)34-7-5-29-6-8-34/h3-4,9-10,13,15,29H,5-8,11-12H2,1-2H3,(H,31,37). The molecular formula is C26H26F2N8O4. The number of nitrogens with zero attached hydrogens (tertiary/aromatic N) is 6. The SMILES string of the molecule is COC(=O)N1CC(c2nc(-c3cc(F)c(C)c(NC(=O)c4cnc5ccc(N6CCNCC6)cn45)c3F)no2)C1.